The summed E-state index contributed by atoms with van der Waals surface area (Å²) in [4.78, 5) is 41.5. The van der Waals surface area contributed by atoms with Crippen LogP contribution in [0.1, 0.15) is 52.8 Å². The second-order valence-corrected chi connectivity index (χ2v) is 10.2. The van der Waals surface area contributed by atoms with Crippen molar-refractivity contribution in [3.05, 3.63) is 78.8 Å². The number of amides is 2. The van der Waals surface area contributed by atoms with Crippen LogP contribution < -0.4 is 16.2 Å². The summed E-state index contributed by atoms with van der Waals surface area (Å²) in [6, 6.07) is 14.9. The Labute approximate surface area is 205 Å². The zero-order valence-electron chi connectivity index (χ0n) is 19.2. The first-order chi connectivity index (χ1) is 16.2. The van der Waals surface area contributed by atoms with Crippen LogP contribution in [0.15, 0.2) is 53.3 Å². The normalized spacial score (nSPS) is 12.2. The van der Waals surface area contributed by atoms with Crippen LogP contribution in [0.4, 0.5) is 0 Å². The smallest absolute Gasteiger partial charge is 0.265 e. The van der Waals surface area contributed by atoms with Crippen molar-refractivity contribution in [2.24, 2.45) is 0 Å². The third-order valence-electron chi connectivity index (χ3n) is 5.50. The molecule has 1 atom stereocenters. The molecule has 1 unspecified atom stereocenters. The maximum absolute atomic E-state index is 13.0. The third kappa shape index (κ3) is 4.95. The number of benzene rings is 2. The minimum Gasteiger partial charge on any atom is -0.350 e. The van der Waals surface area contributed by atoms with E-state index < -0.39 is 0 Å². The van der Waals surface area contributed by atoms with Gasteiger partial charge in [-0.1, -0.05) is 41.7 Å². The highest BCUT2D eigenvalue weighted by Crippen LogP contribution is 2.23. The molecule has 9 heteroatoms. The van der Waals surface area contributed by atoms with E-state index in [1.165, 1.54) is 5.56 Å². The summed E-state index contributed by atoms with van der Waals surface area (Å²) in [5.41, 5.74) is 2.13. The molecule has 34 heavy (non-hydrogen) atoms. The first kappa shape index (κ1) is 23.8. The molecular formula is C25H26N4O3S2. The van der Waals surface area contributed by atoms with E-state index in [9.17, 15) is 14.4 Å². The van der Waals surface area contributed by atoms with Crippen molar-refractivity contribution in [2.75, 3.05) is 0 Å². The molecule has 0 spiro atoms. The van der Waals surface area contributed by atoms with E-state index >= 15 is 0 Å². The lowest BCUT2D eigenvalue weighted by molar-refractivity contribution is 0.0933. The van der Waals surface area contributed by atoms with E-state index in [0.29, 0.717) is 30.9 Å². The van der Waals surface area contributed by atoms with Gasteiger partial charge in [-0.15, -0.1) is 0 Å². The Morgan fingerprint density at radius 1 is 1.06 bits per heavy atom. The number of hydrogen-bond acceptors (Lipinski definition) is 5. The molecule has 0 fully saturated rings. The van der Waals surface area contributed by atoms with Crippen molar-refractivity contribution in [1.82, 2.24) is 20.0 Å². The van der Waals surface area contributed by atoms with E-state index in [4.69, 9.17) is 12.2 Å². The molecule has 0 saturated heterocycles. The fraction of sp³-hybridized carbons (Fsp3) is 0.280. The second kappa shape index (κ2) is 9.90. The van der Waals surface area contributed by atoms with Crippen LogP contribution in [0.3, 0.4) is 0 Å². The van der Waals surface area contributed by atoms with Gasteiger partial charge >= 0.3 is 0 Å². The van der Waals surface area contributed by atoms with Crippen molar-refractivity contribution in [1.29, 1.82) is 0 Å². The molecule has 7 nitrogen and oxygen atoms in total. The van der Waals surface area contributed by atoms with Crippen molar-refractivity contribution in [2.45, 2.75) is 45.7 Å². The summed E-state index contributed by atoms with van der Waals surface area (Å²) in [7, 11) is 0. The molecular weight excluding hydrogens is 468 g/mol. The van der Waals surface area contributed by atoms with Crippen LogP contribution in [0.5, 0.6) is 0 Å². The highest BCUT2D eigenvalue weighted by atomic mass is 32.1. The number of nitrogens with zero attached hydrogens (tertiary/aromatic N) is 1. The van der Waals surface area contributed by atoms with Gasteiger partial charge in [-0.2, -0.15) is 0 Å². The molecule has 2 aromatic carbocycles. The highest BCUT2D eigenvalue weighted by molar-refractivity contribution is 7.73. The van der Waals surface area contributed by atoms with Gasteiger partial charge in [0.05, 0.1) is 10.9 Å². The van der Waals surface area contributed by atoms with Gasteiger partial charge in [-0.3, -0.25) is 18.8 Å². The number of hydrogen-bond donors (Lipinski definition) is 3. The average molecular weight is 495 g/mol. The Kier molecular flexibility index (Phi) is 6.95. The molecule has 0 aliphatic rings. The minimum absolute atomic E-state index is 0.0303. The molecule has 0 aliphatic carbocycles. The number of aromatic amines is 1. The zero-order chi connectivity index (χ0) is 24.4. The first-order valence-corrected chi connectivity index (χ1v) is 12.3. The number of fused-ring (bicyclic) bond motifs is 3. The predicted octanol–water partition coefficient (Wildman–Crippen LogP) is 4.46. The number of aromatic nitrogens is 2. The summed E-state index contributed by atoms with van der Waals surface area (Å²) in [6.07, 6.45) is 1.67. The van der Waals surface area contributed by atoms with Gasteiger partial charge in [0.25, 0.3) is 17.4 Å². The molecule has 176 valence electrons. The molecule has 0 bridgehead atoms. The average Bonchev–Trinajstić information content (AvgIpc) is 3.14. The number of carbonyl (C=O) groups excluding carboxylic acids is 2. The molecule has 3 N–H and O–H groups in total. The molecule has 2 aromatic heterocycles. The summed E-state index contributed by atoms with van der Waals surface area (Å²) >= 11 is 6.64. The lowest BCUT2D eigenvalue weighted by Crippen LogP contribution is -2.33. The zero-order valence-corrected chi connectivity index (χ0v) is 20.8. The van der Waals surface area contributed by atoms with Crippen LogP contribution in [0, 0.1) is 3.95 Å². The van der Waals surface area contributed by atoms with Crippen LogP contribution in [-0.2, 0) is 6.42 Å². The van der Waals surface area contributed by atoms with Gasteiger partial charge < -0.3 is 15.6 Å². The predicted molar refractivity (Wildman–Crippen MR) is 139 cm³/mol. The topological polar surface area (TPSA) is 95.5 Å². The summed E-state index contributed by atoms with van der Waals surface area (Å²) in [5, 5.41) is 6.26. The highest BCUT2D eigenvalue weighted by Gasteiger charge is 2.19. The molecule has 4 rings (SSSR count). The molecule has 2 amide bonds. The standard InChI is InChI=1S/C25H26N4O3S2/c1-14(2)26-24(32)20-21-28-23(31)18-12-11-17(13-19(18)29(21)25(33)34-20)22(30)27-15(3)9-10-16-7-5-4-6-8-16/h4-8,11-15H,9-10H2,1-3H3,(H,26,32)(H,27,30)(H,28,31). The van der Waals surface area contributed by atoms with Gasteiger partial charge in [-0.25, -0.2) is 0 Å². The SMILES string of the molecule is CC(C)NC(=O)c1sc(=S)n2c1[nH]c(=O)c1ccc(C(=O)NC(C)CCc3ccccc3)cc12. The Bertz CT molecular complexity index is 1490. The van der Waals surface area contributed by atoms with E-state index in [1.807, 2.05) is 39.0 Å². The number of carbonyl (C=O) groups is 2. The van der Waals surface area contributed by atoms with Gasteiger partial charge in [0.1, 0.15) is 10.5 Å². The summed E-state index contributed by atoms with van der Waals surface area (Å²) in [6.45, 7) is 5.69. The fourth-order valence-corrected chi connectivity index (χ4v) is 5.10. The largest absolute Gasteiger partial charge is 0.350 e. The number of aryl methyl sites for hydroxylation is 1. The van der Waals surface area contributed by atoms with E-state index in [1.54, 1.807) is 22.6 Å². The third-order valence-corrected chi connectivity index (χ3v) is 6.87. The van der Waals surface area contributed by atoms with E-state index in [0.717, 1.165) is 24.2 Å². The Hall–Kier alpha value is -3.30. The van der Waals surface area contributed by atoms with Crippen LogP contribution >= 0.6 is 23.6 Å². The van der Waals surface area contributed by atoms with Crippen molar-refractivity contribution >= 4 is 51.9 Å². The van der Waals surface area contributed by atoms with Crippen molar-refractivity contribution in [3.63, 3.8) is 0 Å². The Morgan fingerprint density at radius 3 is 2.50 bits per heavy atom. The number of rotatable bonds is 7. The van der Waals surface area contributed by atoms with E-state index in [2.05, 4.69) is 27.8 Å². The fourth-order valence-electron chi connectivity index (χ4n) is 3.82. The van der Waals surface area contributed by atoms with Gasteiger partial charge in [0.2, 0.25) is 0 Å². The van der Waals surface area contributed by atoms with Crippen molar-refractivity contribution < 1.29 is 9.59 Å². The Morgan fingerprint density at radius 2 is 1.79 bits per heavy atom. The van der Waals surface area contributed by atoms with Gasteiger partial charge in [0, 0.05) is 17.6 Å². The maximum Gasteiger partial charge on any atom is 0.265 e. The first-order valence-electron chi connectivity index (χ1n) is 11.1. The lowest BCUT2D eigenvalue weighted by atomic mass is 10.1. The summed E-state index contributed by atoms with van der Waals surface area (Å²) < 4.78 is 2.07. The minimum atomic E-state index is -0.343. The monoisotopic (exact) mass is 494 g/mol. The molecule has 2 heterocycles. The van der Waals surface area contributed by atoms with Crippen molar-refractivity contribution in [3.8, 4) is 0 Å². The quantitative estimate of drug-likeness (QED) is 0.331. The van der Waals surface area contributed by atoms with E-state index in [-0.39, 0.29) is 29.5 Å². The van der Waals surface area contributed by atoms with Crippen LogP contribution in [0.2, 0.25) is 0 Å². The van der Waals surface area contributed by atoms with Gasteiger partial charge in [-0.05, 0) is 69.6 Å². The van der Waals surface area contributed by atoms with Crippen LogP contribution in [-0.4, -0.2) is 33.3 Å². The number of thiazole rings is 1. The molecule has 4 aromatic rings. The maximum atomic E-state index is 13.0. The summed E-state index contributed by atoms with van der Waals surface area (Å²) in [5.74, 6) is -0.528. The Balaban J connectivity index is 1.64. The number of nitrogens with one attached hydrogen (secondary N) is 3. The number of H-pyrrole nitrogens is 1. The molecule has 0 saturated carbocycles. The second-order valence-electron chi connectivity index (χ2n) is 8.59. The molecule has 0 radical (unpaired) electrons. The molecule has 0 aliphatic heterocycles. The van der Waals surface area contributed by atoms with Gasteiger partial charge in [0.15, 0.2) is 3.95 Å². The lowest BCUT2D eigenvalue weighted by Gasteiger charge is -2.14. The van der Waals surface area contributed by atoms with Crippen LogP contribution in [0.25, 0.3) is 16.6 Å².